The maximum atomic E-state index is 14.3. The second-order valence-electron chi connectivity index (χ2n) is 9.05. The van der Waals surface area contributed by atoms with E-state index in [9.17, 15) is 32.7 Å². The number of hydrogen-bond donors (Lipinski definition) is 2. The average Bonchev–Trinajstić information content (AvgIpc) is 3.22. The summed E-state index contributed by atoms with van der Waals surface area (Å²) in [6.45, 7) is 0.00134. The van der Waals surface area contributed by atoms with Crippen LogP contribution in [-0.2, 0) is 14.3 Å². The van der Waals surface area contributed by atoms with Gasteiger partial charge in [0, 0.05) is 41.7 Å². The molecule has 2 N–H and O–H groups in total. The van der Waals surface area contributed by atoms with Crippen LogP contribution in [0.25, 0.3) is 0 Å². The van der Waals surface area contributed by atoms with Gasteiger partial charge < -0.3 is 15.2 Å². The first-order chi connectivity index (χ1) is 17.5. The number of ether oxygens (including phenoxy) is 1. The molecule has 1 saturated heterocycles. The number of rotatable bonds is 6. The van der Waals surface area contributed by atoms with E-state index in [1.54, 1.807) is 12.1 Å². The summed E-state index contributed by atoms with van der Waals surface area (Å²) in [5.41, 5.74) is 0.0791. The van der Waals surface area contributed by atoms with Crippen molar-refractivity contribution < 1.29 is 37.4 Å². The number of carbonyl (C=O) groups is 3. The summed E-state index contributed by atoms with van der Waals surface area (Å²) in [5.74, 6) is -5.36. The fourth-order valence-corrected chi connectivity index (χ4v) is 4.94. The van der Waals surface area contributed by atoms with Crippen LogP contribution in [0.1, 0.15) is 30.9 Å². The molecule has 198 valence electrons. The van der Waals surface area contributed by atoms with Gasteiger partial charge in [0.2, 0.25) is 5.91 Å². The smallest absolute Gasteiger partial charge is 0.410 e. The Balaban J connectivity index is 1.82. The number of likely N-dealkylation sites (tertiary alicyclic amines) is 1. The van der Waals surface area contributed by atoms with Gasteiger partial charge in [-0.15, -0.1) is 0 Å². The lowest BCUT2D eigenvalue weighted by molar-refractivity contribution is -0.134. The normalized spacial score (nSPS) is 21.6. The van der Waals surface area contributed by atoms with Crippen molar-refractivity contribution in [1.29, 1.82) is 0 Å². The number of anilines is 1. The Bertz CT molecular complexity index is 1190. The van der Waals surface area contributed by atoms with Gasteiger partial charge in [0.05, 0.1) is 13.2 Å². The molecule has 2 fully saturated rings. The van der Waals surface area contributed by atoms with Gasteiger partial charge in [-0.3, -0.25) is 19.4 Å². The molecule has 1 unspecified atom stereocenters. The zero-order valence-electron chi connectivity index (χ0n) is 19.7. The Morgan fingerprint density at radius 3 is 2.51 bits per heavy atom. The van der Waals surface area contributed by atoms with Crippen LogP contribution in [0.15, 0.2) is 48.5 Å². The Morgan fingerprint density at radius 2 is 1.89 bits per heavy atom. The first-order valence-electron chi connectivity index (χ1n) is 11.6. The van der Waals surface area contributed by atoms with Gasteiger partial charge in [-0.1, -0.05) is 35.9 Å². The minimum atomic E-state index is -2.91. The van der Waals surface area contributed by atoms with E-state index in [0.29, 0.717) is 0 Å². The van der Waals surface area contributed by atoms with Crippen molar-refractivity contribution in [2.75, 3.05) is 18.6 Å². The van der Waals surface area contributed by atoms with Crippen LogP contribution < -0.4 is 10.2 Å². The third-order valence-electron chi connectivity index (χ3n) is 6.49. The minimum Gasteiger partial charge on any atom is -0.453 e. The van der Waals surface area contributed by atoms with Gasteiger partial charge in [-0.2, -0.15) is 0 Å². The van der Waals surface area contributed by atoms with Crippen LogP contribution in [0.3, 0.4) is 0 Å². The number of aliphatic hydroxyl groups is 1. The van der Waals surface area contributed by atoms with E-state index in [0.717, 1.165) is 29.0 Å². The number of nitrogens with one attached hydrogen (secondary N) is 1. The third kappa shape index (κ3) is 5.52. The molecule has 2 aromatic rings. The number of nitrogens with zero attached hydrogens (tertiary/aromatic N) is 2. The second-order valence-corrected chi connectivity index (χ2v) is 9.45. The summed E-state index contributed by atoms with van der Waals surface area (Å²) in [5, 5.41) is 13.3. The summed E-state index contributed by atoms with van der Waals surface area (Å²) in [4.78, 5) is 42.0. The van der Waals surface area contributed by atoms with Crippen LogP contribution >= 0.6 is 11.6 Å². The number of methoxy groups -OCH3 is 1. The quantitative estimate of drug-likeness (QED) is 0.584. The summed E-state index contributed by atoms with van der Waals surface area (Å²) in [7, 11) is 1.12. The molecule has 12 heteroatoms. The Morgan fingerprint density at radius 1 is 1.19 bits per heavy atom. The molecule has 1 heterocycles. The van der Waals surface area contributed by atoms with Crippen LogP contribution in [0, 0.1) is 5.82 Å². The highest BCUT2D eigenvalue weighted by molar-refractivity contribution is 6.31. The molecule has 2 aliphatic rings. The van der Waals surface area contributed by atoms with E-state index in [-0.39, 0.29) is 29.2 Å². The predicted octanol–water partition coefficient (Wildman–Crippen LogP) is 3.67. The van der Waals surface area contributed by atoms with Crippen molar-refractivity contribution in [2.45, 2.75) is 49.4 Å². The molecule has 0 bridgehead atoms. The minimum absolute atomic E-state index is 0.00134. The van der Waals surface area contributed by atoms with E-state index in [2.05, 4.69) is 5.32 Å². The number of aliphatic hydroxyl groups excluding tert-OH is 1. The number of amides is 3. The van der Waals surface area contributed by atoms with Gasteiger partial charge in [-0.05, 0) is 30.7 Å². The van der Waals surface area contributed by atoms with E-state index in [4.69, 9.17) is 16.3 Å². The van der Waals surface area contributed by atoms with E-state index in [1.165, 1.54) is 24.3 Å². The van der Waals surface area contributed by atoms with Gasteiger partial charge in [0.1, 0.15) is 17.9 Å². The summed E-state index contributed by atoms with van der Waals surface area (Å²) < 4.78 is 46.0. The maximum absolute atomic E-state index is 14.3. The molecule has 37 heavy (non-hydrogen) atoms. The Labute approximate surface area is 215 Å². The van der Waals surface area contributed by atoms with Crippen molar-refractivity contribution >= 4 is 35.2 Å². The Hall–Kier alpha value is -3.31. The van der Waals surface area contributed by atoms with Gasteiger partial charge in [0.25, 0.3) is 11.8 Å². The largest absolute Gasteiger partial charge is 0.453 e. The molecule has 1 aliphatic heterocycles. The molecular weight excluding hydrogens is 515 g/mol. The first-order valence-corrected chi connectivity index (χ1v) is 11.9. The molecular formula is C25H25ClF3N3O5. The highest BCUT2D eigenvalue weighted by atomic mass is 35.5. The number of alkyl halides is 2. The monoisotopic (exact) mass is 539 g/mol. The van der Waals surface area contributed by atoms with E-state index >= 15 is 0 Å². The van der Waals surface area contributed by atoms with E-state index < -0.39 is 66.7 Å². The SMILES string of the molecule is COC(=O)N1CC[C@H](O)C1C(=O)N(c1cccc(F)c1)[C@H](C(=O)NC1CC(F)(F)C1)c1ccccc1Cl. The highest BCUT2D eigenvalue weighted by Gasteiger charge is 2.49. The Kier molecular flexibility index (Phi) is 7.65. The van der Waals surface area contributed by atoms with Crippen LogP contribution in [0.2, 0.25) is 5.02 Å². The van der Waals surface area contributed by atoms with Gasteiger partial charge in [0.15, 0.2) is 0 Å². The van der Waals surface area contributed by atoms with Crippen LogP contribution in [0.4, 0.5) is 23.7 Å². The zero-order valence-corrected chi connectivity index (χ0v) is 20.5. The van der Waals surface area contributed by atoms with Crippen molar-refractivity contribution in [1.82, 2.24) is 10.2 Å². The van der Waals surface area contributed by atoms with Crippen molar-refractivity contribution in [3.8, 4) is 0 Å². The molecule has 0 aromatic heterocycles. The van der Waals surface area contributed by atoms with Crippen LogP contribution in [0.5, 0.6) is 0 Å². The lowest BCUT2D eigenvalue weighted by Gasteiger charge is -2.39. The molecule has 4 rings (SSSR count). The third-order valence-corrected chi connectivity index (χ3v) is 6.84. The first kappa shape index (κ1) is 26.7. The topological polar surface area (TPSA) is 99.2 Å². The lowest BCUT2D eigenvalue weighted by Crippen LogP contribution is -2.57. The molecule has 3 atom stereocenters. The summed E-state index contributed by atoms with van der Waals surface area (Å²) >= 11 is 6.40. The van der Waals surface area contributed by atoms with Crippen molar-refractivity contribution in [3.63, 3.8) is 0 Å². The standard InChI is InChI=1S/C25H25ClF3N3O5/c1-37-24(36)31-10-9-19(33)21(31)23(35)32(16-6-4-5-14(27)11-16)20(17-7-2-3-8-18(17)26)22(34)30-15-12-25(28,29)13-15/h2-8,11,15,19-21,33H,9-10,12-13H2,1H3,(H,30,34)/t19-,20-,21?/m0/s1. The molecule has 1 saturated carbocycles. The van der Waals surface area contributed by atoms with Crippen LogP contribution in [-0.4, -0.2) is 65.7 Å². The second kappa shape index (κ2) is 10.6. The van der Waals surface area contributed by atoms with Gasteiger partial charge >= 0.3 is 6.09 Å². The fourth-order valence-electron chi connectivity index (χ4n) is 4.71. The van der Waals surface area contributed by atoms with Gasteiger partial charge in [-0.25, -0.2) is 18.0 Å². The maximum Gasteiger partial charge on any atom is 0.410 e. The molecule has 0 spiro atoms. The van der Waals surface area contributed by atoms with E-state index in [1.807, 2.05) is 0 Å². The summed E-state index contributed by atoms with van der Waals surface area (Å²) in [6.07, 6.45) is -3.26. The molecule has 8 nitrogen and oxygen atoms in total. The summed E-state index contributed by atoms with van der Waals surface area (Å²) in [6, 6.07) is 7.13. The molecule has 1 aliphatic carbocycles. The lowest BCUT2D eigenvalue weighted by atomic mass is 9.87. The highest BCUT2D eigenvalue weighted by Crippen LogP contribution is 2.39. The number of carbonyl (C=O) groups excluding carboxylic acids is 3. The fraction of sp³-hybridized carbons (Fsp3) is 0.400. The molecule has 2 aromatic carbocycles. The zero-order chi connectivity index (χ0) is 26.9. The molecule has 0 radical (unpaired) electrons. The number of halogens is 4. The van der Waals surface area contributed by atoms with Crippen molar-refractivity contribution in [3.05, 3.63) is 64.9 Å². The average molecular weight is 540 g/mol. The predicted molar refractivity (Wildman–Crippen MR) is 128 cm³/mol. The molecule has 3 amide bonds. The number of hydrogen-bond acceptors (Lipinski definition) is 5. The van der Waals surface area contributed by atoms with Crippen molar-refractivity contribution in [2.24, 2.45) is 0 Å². The number of benzene rings is 2.